The molecule has 0 atom stereocenters. The summed E-state index contributed by atoms with van der Waals surface area (Å²) in [6, 6.07) is 3.50. The Morgan fingerprint density at radius 2 is 2.24 bits per heavy atom. The lowest BCUT2D eigenvalue weighted by Gasteiger charge is -2.26. The lowest BCUT2D eigenvalue weighted by molar-refractivity contribution is 0.206. The Kier molecular flexibility index (Phi) is 2.49. The molecule has 0 aliphatic carbocycles. The average molecular weight is 231 g/mol. The van der Waals surface area contributed by atoms with Gasteiger partial charge >= 0.3 is 0 Å². The highest BCUT2D eigenvalue weighted by Gasteiger charge is 2.17. The number of rotatable bonds is 2. The van der Waals surface area contributed by atoms with Crippen LogP contribution in [0.4, 0.5) is 0 Å². The van der Waals surface area contributed by atoms with E-state index in [4.69, 9.17) is 5.11 Å². The normalized spacial score (nSPS) is 15.8. The van der Waals surface area contributed by atoms with Gasteiger partial charge in [-0.3, -0.25) is 9.88 Å². The summed E-state index contributed by atoms with van der Waals surface area (Å²) in [5, 5.41) is 17.1. The van der Waals surface area contributed by atoms with E-state index in [0.29, 0.717) is 0 Å². The third-order valence-electron chi connectivity index (χ3n) is 2.91. The molecule has 3 heterocycles. The maximum atomic E-state index is 9.17. The van der Waals surface area contributed by atoms with E-state index >= 15 is 0 Å². The van der Waals surface area contributed by atoms with E-state index in [-0.39, 0.29) is 5.75 Å². The molecule has 17 heavy (non-hydrogen) atoms. The lowest BCUT2D eigenvalue weighted by Crippen LogP contribution is -2.33. The first kappa shape index (κ1) is 10.2. The maximum absolute atomic E-state index is 9.17. The van der Waals surface area contributed by atoms with Gasteiger partial charge in [0.25, 0.3) is 0 Å². The number of aromatic nitrogens is 4. The number of nitrogens with zero attached hydrogens (tertiary/aromatic N) is 5. The molecule has 88 valence electrons. The van der Waals surface area contributed by atoms with Crippen LogP contribution in [0.15, 0.2) is 24.7 Å². The van der Waals surface area contributed by atoms with Crippen LogP contribution in [-0.2, 0) is 19.6 Å². The first-order valence-electron chi connectivity index (χ1n) is 5.54. The summed E-state index contributed by atoms with van der Waals surface area (Å²) in [7, 11) is 0. The van der Waals surface area contributed by atoms with E-state index in [1.54, 1.807) is 12.4 Å². The zero-order valence-electron chi connectivity index (χ0n) is 9.32. The minimum Gasteiger partial charge on any atom is -0.506 e. The van der Waals surface area contributed by atoms with E-state index in [2.05, 4.69) is 24.6 Å². The molecule has 6 heteroatoms. The summed E-state index contributed by atoms with van der Waals surface area (Å²) in [4.78, 5) is 6.45. The topological polar surface area (TPSA) is 67.1 Å². The Hall–Kier alpha value is -1.95. The van der Waals surface area contributed by atoms with Gasteiger partial charge in [0.1, 0.15) is 17.9 Å². The lowest BCUT2D eigenvalue weighted by atomic mass is 10.3. The Labute approximate surface area is 98.5 Å². The third-order valence-corrected chi connectivity index (χ3v) is 2.91. The molecule has 0 saturated carbocycles. The molecule has 0 fully saturated rings. The van der Waals surface area contributed by atoms with Crippen LogP contribution < -0.4 is 0 Å². The van der Waals surface area contributed by atoms with Crippen molar-refractivity contribution in [2.45, 2.75) is 19.6 Å². The summed E-state index contributed by atoms with van der Waals surface area (Å²) in [5.41, 5.74) is 0.954. The standard InChI is InChI=1S/C11H13N5O/c17-10-2-1-9(12-5-10)6-15-3-4-16-8-13-14-11(16)7-15/h1-2,5,8,17H,3-4,6-7H2. The minimum absolute atomic E-state index is 0.201. The van der Waals surface area contributed by atoms with Gasteiger partial charge < -0.3 is 9.67 Å². The summed E-state index contributed by atoms with van der Waals surface area (Å²) in [5.74, 6) is 1.20. The second-order valence-electron chi connectivity index (χ2n) is 4.16. The molecule has 0 saturated heterocycles. The number of hydrogen-bond donors (Lipinski definition) is 1. The maximum Gasteiger partial charge on any atom is 0.147 e. The Balaban J connectivity index is 1.69. The van der Waals surface area contributed by atoms with Gasteiger partial charge in [-0.05, 0) is 12.1 Å². The van der Waals surface area contributed by atoms with Gasteiger partial charge in [0, 0.05) is 19.6 Å². The first-order valence-corrected chi connectivity index (χ1v) is 5.54. The average Bonchev–Trinajstić information content (AvgIpc) is 2.79. The molecular formula is C11H13N5O. The molecule has 2 aromatic heterocycles. The number of hydrogen-bond acceptors (Lipinski definition) is 5. The molecule has 0 spiro atoms. The summed E-state index contributed by atoms with van der Waals surface area (Å²) in [6.07, 6.45) is 3.24. The van der Waals surface area contributed by atoms with Crippen LogP contribution >= 0.6 is 0 Å². The van der Waals surface area contributed by atoms with Gasteiger partial charge in [0.2, 0.25) is 0 Å². The molecule has 0 amide bonds. The zero-order chi connectivity index (χ0) is 11.7. The summed E-state index contributed by atoms with van der Waals surface area (Å²) < 4.78 is 2.07. The number of pyridine rings is 1. The molecule has 2 aromatic rings. The predicted molar refractivity (Wildman–Crippen MR) is 60.0 cm³/mol. The monoisotopic (exact) mass is 231 g/mol. The Bertz CT molecular complexity index is 507. The van der Waals surface area contributed by atoms with Crippen LogP contribution in [0.1, 0.15) is 11.5 Å². The zero-order valence-corrected chi connectivity index (χ0v) is 9.32. The van der Waals surface area contributed by atoms with Crippen molar-refractivity contribution in [1.29, 1.82) is 0 Å². The van der Waals surface area contributed by atoms with Gasteiger partial charge in [-0.2, -0.15) is 0 Å². The highest BCUT2D eigenvalue weighted by molar-refractivity contribution is 5.17. The number of aromatic hydroxyl groups is 1. The molecule has 0 bridgehead atoms. The summed E-state index contributed by atoms with van der Waals surface area (Å²) >= 11 is 0. The van der Waals surface area contributed by atoms with Crippen molar-refractivity contribution in [2.75, 3.05) is 6.54 Å². The molecular weight excluding hydrogens is 218 g/mol. The molecule has 1 aliphatic rings. The van der Waals surface area contributed by atoms with E-state index in [1.807, 2.05) is 6.07 Å². The third kappa shape index (κ3) is 2.12. The van der Waals surface area contributed by atoms with Crippen molar-refractivity contribution < 1.29 is 5.11 Å². The van der Waals surface area contributed by atoms with Gasteiger partial charge in [-0.25, -0.2) is 0 Å². The van der Waals surface area contributed by atoms with E-state index < -0.39 is 0 Å². The summed E-state index contributed by atoms with van der Waals surface area (Å²) in [6.45, 7) is 3.45. The van der Waals surface area contributed by atoms with Crippen molar-refractivity contribution >= 4 is 0 Å². The fourth-order valence-electron chi connectivity index (χ4n) is 1.99. The smallest absolute Gasteiger partial charge is 0.147 e. The Morgan fingerprint density at radius 1 is 1.29 bits per heavy atom. The van der Waals surface area contributed by atoms with Gasteiger partial charge in [0.15, 0.2) is 0 Å². The molecule has 0 aromatic carbocycles. The van der Waals surface area contributed by atoms with Crippen molar-refractivity contribution in [2.24, 2.45) is 0 Å². The van der Waals surface area contributed by atoms with Gasteiger partial charge in [-0.1, -0.05) is 0 Å². The van der Waals surface area contributed by atoms with Gasteiger partial charge in [-0.15, -0.1) is 10.2 Å². The molecule has 6 nitrogen and oxygen atoms in total. The molecule has 3 rings (SSSR count). The first-order chi connectivity index (χ1) is 8.31. The molecule has 1 N–H and O–H groups in total. The molecule has 0 unspecified atom stereocenters. The number of fused-ring (bicyclic) bond motifs is 1. The SMILES string of the molecule is Oc1ccc(CN2CCn3cnnc3C2)nc1. The van der Waals surface area contributed by atoms with E-state index in [9.17, 15) is 0 Å². The second-order valence-corrected chi connectivity index (χ2v) is 4.16. The van der Waals surface area contributed by atoms with E-state index in [0.717, 1.165) is 37.7 Å². The van der Waals surface area contributed by atoms with E-state index in [1.165, 1.54) is 6.20 Å². The Morgan fingerprint density at radius 3 is 3.06 bits per heavy atom. The second kappa shape index (κ2) is 4.14. The predicted octanol–water partition coefficient (Wildman–Crippen LogP) is 0.395. The quantitative estimate of drug-likeness (QED) is 0.810. The molecule has 1 aliphatic heterocycles. The van der Waals surface area contributed by atoms with Gasteiger partial charge in [0.05, 0.1) is 18.4 Å². The van der Waals surface area contributed by atoms with Crippen LogP contribution in [0.5, 0.6) is 5.75 Å². The van der Waals surface area contributed by atoms with Crippen LogP contribution in [-0.4, -0.2) is 36.3 Å². The van der Waals surface area contributed by atoms with Crippen LogP contribution in [0, 0.1) is 0 Å². The highest BCUT2D eigenvalue weighted by Crippen LogP contribution is 2.13. The van der Waals surface area contributed by atoms with Crippen molar-refractivity contribution in [3.8, 4) is 5.75 Å². The van der Waals surface area contributed by atoms with Crippen molar-refractivity contribution in [1.82, 2.24) is 24.6 Å². The fraction of sp³-hybridized carbons (Fsp3) is 0.364. The fourth-order valence-corrected chi connectivity index (χ4v) is 1.99. The van der Waals surface area contributed by atoms with Crippen LogP contribution in [0.2, 0.25) is 0 Å². The minimum atomic E-state index is 0.201. The largest absolute Gasteiger partial charge is 0.506 e. The highest BCUT2D eigenvalue weighted by atomic mass is 16.3. The van der Waals surface area contributed by atoms with Crippen molar-refractivity contribution in [3.05, 3.63) is 36.2 Å². The van der Waals surface area contributed by atoms with Crippen LogP contribution in [0.25, 0.3) is 0 Å². The van der Waals surface area contributed by atoms with Crippen molar-refractivity contribution in [3.63, 3.8) is 0 Å². The molecule has 0 radical (unpaired) electrons. The van der Waals surface area contributed by atoms with Crippen LogP contribution in [0.3, 0.4) is 0 Å².